The summed E-state index contributed by atoms with van der Waals surface area (Å²) < 4.78 is 0. The van der Waals surface area contributed by atoms with E-state index in [2.05, 4.69) is 23.8 Å². The normalized spacial score (nSPS) is 22.0. The second-order valence-electron chi connectivity index (χ2n) is 6.60. The zero-order chi connectivity index (χ0) is 16.3. The quantitative estimate of drug-likeness (QED) is 0.631. The van der Waals surface area contributed by atoms with Crippen LogP contribution in [0.25, 0.3) is 0 Å². The molecule has 22 heavy (non-hydrogen) atoms. The number of carbonyl (C=O) groups is 1. The van der Waals surface area contributed by atoms with Gasteiger partial charge in [-0.05, 0) is 50.3 Å². The molecule has 1 amide bonds. The van der Waals surface area contributed by atoms with Crippen LogP contribution >= 0.6 is 11.8 Å². The minimum Gasteiger partial charge on any atom is -0.342 e. The van der Waals surface area contributed by atoms with E-state index in [1.165, 1.54) is 6.42 Å². The number of amides is 1. The van der Waals surface area contributed by atoms with Crippen LogP contribution in [0.1, 0.15) is 43.6 Å². The molecule has 0 spiro atoms. The average molecular weight is 321 g/mol. The Kier molecular flexibility index (Phi) is 5.84. The van der Waals surface area contributed by atoms with Crippen molar-refractivity contribution in [2.24, 2.45) is 11.8 Å². The molecule has 0 aromatic carbocycles. The third kappa shape index (κ3) is 4.22. The van der Waals surface area contributed by atoms with Crippen molar-refractivity contribution >= 4 is 17.7 Å². The Hall–Kier alpha value is -1.10. The van der Waals surface area contributed by atoms with Crippen LogP contribution in [0, 0.1) is 25.7 Å². The maximum absolute atomic E-state index is 12.5. The van der Waals surface area contributed by atoms with Crippen LogP contribution in [-0.2, 0) is 11.2 Å². The number of thioether (sulfide) groups is 1. The molecule has 5 heteroatoms. The molecule has 122 valence electrons. The van der Waals surface area contributed by atoms with Gasteiger partial charge in [0.05, 0.1) is 0 Å². The van der Waals surface area contributed by atoms with Crippen LogP contribution in [0.2, 0.25) is 0 Å². The highest BCUT2D eigenvalue weighted by atomic mass is 32.2. The largest absolute Gasteiger partial charge is 0.342 e. The zero-order valence-electron chi connectivity index (χ0n) is 14.3. The molecule has 0 bridgehead atoms. The monoisotopic (exact) mass is 321 g/mol. The van der Waals surface area contributed by atoms with Crippen molar-refractivity contribution in [3.63, 3.8) is 0 Å². The molecule has 1 aromatic rings. The molecule has 1 saturated heterocycles. The molecule has 1 aliphatic rings. The molecule has 2 heterocycles. The Bertz CT molecular complexity index is 514. The molecule has 4 nitrogen and oxygen atoms in total. The van der Waals surface area contributed by atoms with Crippen LogP contribution in [0.15, 0.2) is 5.16 Å². The molecule has 0 radical (unpaired) electrons. The van der Waals surface area contributed by atoms with Crippen LogP contribution < -0.4 is 0 Å². The summed E-state index contributed by atoms with van der Waals surface area (Å²) in [6, 6.07) is 0. The third-order valence-corrected chi connectivity index (χ3v) is 4.94. The van der Waals surface area contributed by atoms with Gasteiger partial charge in [0.25, 0.3) is 0 Å². The van der Waals surface area contributed by atoms with E-state index in [4.69, 9.17) is 0 Å². The molecule has 1 aromatic heterocycles. The van der Waals surface area contributed by atoms with Gasteiger partial charge in [0, 0.05) is 30.9 Å². The minimum atomic E-state index is 0.270. The van der Waals surface area contributed by atoms with Gasteiger partial charge in [-0.15, -0.1) is 0 Å². The van der Waals surface area contributed by atoms with Gasteiger partial charge in [0.2, 0.25) is 5.91 Å². The van der Waals surface area contributed by atoms with Crippen molar-refractivity contribution in [1.82, 2.24) is 14.9 Å². The lowest BCUT2D eigenvalue weighted by Gasteiger charge is -2.35. The fraction of sp³-hybridized carbons (Fsp3) is 0.706. The zero-order valence-corrected chi connectivity index (χ0v) is 15.2. The van der Waals surface area contributed by atoms with E-state index < -0.39 is 0 Å². The SMILES string of the molecule is CSc1nc(C)c(CCC(=O)N2CC(C)CC(C)C2)c(C)n1. The first kappa shape index (κ1) is 17.3. The Balaban J connectivity index is 1.99. The van der Waals surface area contributed by atoms with Gasteiger partial charge in [-0.2, -0.15) is 0 Å². The highest BCUT2D eigenvalue weighted by Gasteiger charge is 2.25. The van der Waals surface area contributed by atoms with Gasteiger partial charge in [0.15, 0.2) is 5.16 Å². The van der Waals surface area contributed by atoms with E-state index in [1.807, 2.05) is 25.0 Å². The predicted octanol–water partition coefficient (Wildman–Crippen LogP) is 3.25. The lowest BCUT2D eigenvalue weighted by molar-refractivity contribution is -0.133. The number of hydrogen-bond acceptors (Lipinski definition) is 4. The molecule has 0 aliphatic carbocycles. The first-order valence-electron chi connectivity index (χ1n) is 8.06. The molecule has 2 rings (SSSR count). The second-order valence-corrected chi connectivity index (χ2v) is 7.38. The lowest BCUT2D eigenvalue weighted by Crippen LogP contribution is -2.42. The molecule has 2 atom stereocenters. The first-order valence-corrected chi connectivity index (χ1v) is 9.29. The standard InChI is InChI=1S/C17H27N3OS/c1-11-8-12(2)10-20(9-11)16(21)7-6-15-13(3)18-17(22-5)19-14(15)4/h11-12H,6-10H2,1-5H3. The number of nitrogens with zero attached hydrogens (tertiary/aromatic N) is 3. The molecule has 1 fully saturated rings. The highest BCUT2D eigenvalue weighted by Crippen LogP contribution is 2.22. The van der Waals surface area contributed by atoms with E-state index in [0.29, 0.717) is 18.3 Å². The van der Waals surface area contributed by atoms with Gasteiger partial charge in [-0.25, -0.2) is 9.97 Å². The molecule has 2 unspecified atom stereocenters. The van der Waals surface area contributed by atoms with Gasteiger partial charge in [-0.3, -0.25) is 4.79 Å². The number of carbonyl (C=O) groups excluding carboxylic acids is 1. The number of rotatable bonds is 4. The fourth-order valence-electron chi connectivity index (χ4n) is 3.42. The van der Waals surface area contributed by atoms with E-state index in [0.717, 1.165) is 41.6 Å². The van der Waals surface area contributed by atoms with E-state index in [1.54, 1.807) is 11.8 Å². The molecule has 1 aliphatic heterocycles. The van der Waals surface area contributed by atoms with Gasteiger partial charge >= 0.3 is 0 Å². The van der Waals surface area contributed by atoms with Crippen molar-refractivity contribution in [3.05, 3.63) is 17.0 Å². The third-order valence-electron chi connectivity index (χ3n) is 4.39. The van der Waals surface area contributed by atoms with Crippen molar-refractivity contribution in [2.75, 3.05) is 19.3 Å². The Morgan fingerprint density at radius 2 is 1.73 bits per heavy atom. The van der Waals surface area contributed by atoms with E-state index in [-0.39, 0.29) is 5.91 Å². The summed E-state index contributed by atoms with van der Waals surface area (Å²) in [6.07, 6.45) is 4.51. The summed E-state index contributed by atoms with van der Waals surface area (Å²) in [5.74, 6) is 1.49. The number of hydrogen-bond donors (Lipinski definition) is 0. The Labute approximate surface area is 138 Å². The fourth-order valence-corrected chi connectivity index (χ4v) is 3.87. The maximum Gasteiger partial charge on any atom is 0.222 e. The summed E-state index contributed by atoms with van der Waals surface area (Å²) >= 11 is 1.56. The molecular formula is C17H27N3OS. The maximum atomic E-state index is 12.5. The number of piperidine rings is 1. The predicted molar refractivity (Wildman–Crippen MR) is 91.1 cm³/mol. The Morgan fingerprint density at radius 3 is 2.23 bits per heavy atom. The summed E-state index contributed by atoms with van der Waals surface area (Å²) in [7, 11) is 0. The van der Waals surface area contributed by atoms with Crippen molar-refractivity contribution in [2.45, 2.75) is 52.1 Å². The van der Waals surface area contributed by atoms with E-state index in [9.17, 15) is 4.79 Å². The van der Waals surface area contributed by atoms with Crippen LogP contribution in [0.4, 0.5) is 0 Å². The van der Waals surface area contributed by atoms with Gasteiger partial charge < -0.3 is 4.90 Å². The number of aryl methyl sites for hydroxylation is 2. The summed E-state index contributed by atoms with van der Waals surface area (Å²) in [4.78, 5) is 23.5. The van der Waals surface area contributed by atoms with Crippen LogP contribution in [0.5, 0.6) is 0 Å². The molecule has 0 N–H and O–H groups in total. The van der Waals surface area contributed by atoms with Crippen LogP contribution in [0.3, 0.4) is 0 Å². The highest BCUT2D eigenvalue weighted by molar-refractivity contribution is 7.98. The van der Waals surface area contributed by atoms with E-state index >= 15 is 0 Å². The van der Waals surface area contributed by atoms with Crippen molar-refractivity contribution < 1.29 is 4.79 Å². The average Bonchev–Trinajstić information content (AvgIpc) is 2.44. The van der Waals surface area contributed by atoms with Crippen LogP contribution in [-0.4, -0.2) is 40.1 Å². The van der Waals surface area contributed by atoms with Gasteiger partial charge in [-0.1, -0.05) is 25.6 Å². The summed E-state index contributed by atoms with van der Waals surface area (Å²) in [5.41, 5.74) is 3.14. The summed E-state index contributed by atoms with van der Waals surface area (Å²) in [6.45, 7) is 10.3. The topological polar surface area (TPSA) is 46.1 Å². The number of likely N-dealkylation sites (tertiary alicyclic amines) is 1. The minimum absolute atomic E-state index is 0.270. The lowest BCUT2D eigenvalue weighted by atomic mass is 9.91. The van der Waals surface area contributed by atoms with Crippen molar-refractivity contribution in [1.29, 1.82) is 0 Å². The second kappa shape index (κ2) is 7.44. The van der Waals surface area contributed by atoms with Gasteiger partial charge in [0.1, 0.15) is 0 Å². The first-order chi connectivity index (χ1) is 10.4. The molecular weight excluding hydrogens is 294 g/mol. The smallest absolute Gasteiger partial charge is 0.222 e. The summed E-state index contributed by atoms with van der Waals surface area (Å²) in [5, 5.41) is 0.809. The number of aromatic nitrogens is 2. The Morgan fingerprint density at radius 1 is 1.18 bits per heavy atom. The van der Waals surface area contributed by atoms with Crippen molar-refractivity contribution in [3.8, 4) is 0 Å². The molecule has 0 saturated carbocycles.